The lowest BCUT2D eigenvalue weighted by Crippen LogP contribution is -2.33. The highest BCUT2D eigenvalue weighted by atomic mass is 32.1. The number of benzene rings is 1. The first-order valence-electron chi connectivity index (χ1n) is 5.89. The van der Waals surface area contributed by atoms with Crippen molar-refractivity contribution in [3.8, 4) is 5.00 Å². The Morgan fingerprint density at radius 1 is 1.11 bits per heavy atom. The van der Waals surface area contributed by atoms with E-state index in [1.165, 1.54) is 15.9 Å². The van der Waals surface area contributed by atoms with Crippen LogP contribution in [0.25, 0.3) is 15.9 Å². The van der Waals surface area contributed by atoms with Crippen LogP contribution < -0.4 is 11.2 Å². The van der Waals surface area contributed by atoms with Crippen LogP contribution in [-0.2, 0) is 0 Å². The zero-order chi connectivity index (χ0) is 13.6. The molecule has 0 aliphatic carbocycles. The van der Waals surface area contributed by atoms with E-state index in [9.17, 15) is 9.59 Å². The van der Waals surface area contributed by atoms with Gasteiger partial charge in [-0.25, -0.2) is 9.36 Å². The van der Waals surface area contributed by atoms with Gasteiger partial charge >= 0.3 is 5.69 Å². The van der Waals surface area contributed by atoms with E-state index in [4.69, 9.17) is 0 Å². The first kappa shape index (κ1) is 11.9. The molecule has 0 bridgehead atoms. The molecule has 1 aromatic carbocycles. The third kappa shape index (κ3) is 1.92. The summed E-state index contributed by atoms with van der Waals surface area (Å²) in [6.45, 7) is 3.86. The summed E-state index contributed by atoms with van der Waals surface area (Å²) in [6.07, 6.45) is 0. The predicted octanol–water partition coefficient (Wildman–Crippen LogP) is 2.36. The Morgan fingerprint density at radius 2 is 1.89 bits per heavy atom. The number of nitrogens with zero attached hydrogens (tertiary/aromatic N) is 1. The van der Waals surface area contributed by atoms with Gasteiger partial charge in [-0.15, -0.1) is 11.3 Å². The van der Waals surface area contributed by atoms with Crippen LogP contribution in [0.2, 0.25) is 0 Å². The molecule has 96 valence electrons. The molecule has 19 heavy (non-hydrogen) atoms. The number of thiophene rings is 1. The first-order chi connectivity index (χ1) is 9.06. The number of aromatic nitrogens is 2. The predicted molar refractivity (Wildman–Crippen MR) is 77.5 cm³/mol. The molecule has 0 aliphatic heterocycles. The summed E-state index contributed by atoms with van der Waals surface area (Å²) in [5.41, 5.74) is 0.892. The van der Waals surface area contributed by atoms with Crippen LogP contribution in [0.4, 0.5) is 0 Å². The lowest BCUT2D eigenvalue weighted by atomic mass is 10.2. The molecule has 0 saturated heterocycles. The molecule has 5 heteroatoms. The summed E-state index contributed by atoms with van der Waals surface area (Å²) in [5, 5.41) is 1.18. The SMILES string of the molecule is Cc1ccc2[nH]c(=O)n(-c3ccc(C)s3)c(=O)c2c1. The van der Waals surface area contributed by atoms with Gasteiger partial charge in [-0.2, -0.15) is 0 Å². The van der Waals surface area contributed by atoms with Crippen LogP contribution >= 0.6 is 11.3 Å². The molecule has 0 fully saturated rings. The molecule has 0 radical (unpaired) electrons. The first-order valence-corrected chi connectivity index (χ1v) is 6.70. The Kier molecular flexibility index (Phi) is 2.64. The maximum atomic E-state index is 12.5. The second-order valence-electron chi connectivity index (χ2n) is 4.50. The molecule has 3 aromatic rings. The molecular formula is C14H12N2O2S. The molecule has 1 N–H and O–H groups in total. The molecule has 2 aromatic heterocycles. The average Bonchev–Trinajstić information content (AvgIpc) is 2.77. The van der Waals surface area contributed by atoms with Crippen molar-refractivity contribution >= 4 is 22.2 Å². The normalized spacial score (nSPS) is 11.1. The molecule has 0 atom stereocenters. The maximum absolute atomic E-state index is 12.5. The van der Waals surface area contributed by atoms with E-state index >= 15 is 0 Å². The second-order valence-corrected chi connectivity index (χ2v) is 5.77. The highest BCUT2D eigenvalue weighted by Crippen LogP contribution is 2.17. The summed E-state index contributed by atoms with van der Waals surface area (Å²) in [5.74, 6) is 0. The summed E-state index contributed by atoms with van der Waals surface area (Å²) in [7, 11) is 0. The monoisotopic (exact) mass is 272 g/mol. The number of aryl methyl sites for hydroxylation is 2. The van der Waals surface area contributed by atoms with Crippen molar-refractivity contribution in [1.82, 2.24) is 9.55 Å². The number of H-pyrrole nitrogens is 1. The van der Waals surface area contributed by atoms with Gasteiger partial charge in [0, 0.05) is 4.88 Å². The summed E-state index contributed by atoms with van der Waals surface area (Å²) < 4.78 is 1.19. The number of hydrogen-bond acceptors (Lipinski definition) is 3. The lowest BCUT2D eigenvalue weighted by molar-refractivity contribution is 0.917. The van der Waals surface area contributed by atoms with Gasteiger partial charge in [-0.1, -0.05) is 11.6 Å². The minimum absolute atomic E-state index is 0.274. The fraction of sp³-hybridized carbons (Fsp3) is 0.143. The van der Waals surface area contributed by atoms with E-state index in [-0.39, 0.29) is 5.56 Å². The molecule has 3 rings (SSSR count). The van der Waals surface area contributed by atoms with E-state index in [1.807, 2.05) is 26.0 Å². The van der Waals surface area contributed by atoms with Crippen LogP contribution in [0.3, 0.4) is 0 Å². The number of rotatable bonds is 1. The Hall–Kier alpha value is -2.14. The van der Waals surface area contributed by atoms with Crippen molar-refractivity contribution in [1.29, 1.82) is 0 Å². The Morgan fingerprint density at radius 3 is 2.58 bits per heavy atom. The Labute approximate surface area is 113 Å². The minimum Gasteiger partial charge on any atom is -0.306 e. The van der Waals surface area contributed by atoms with Crippen LogP contribution in [0.15, 0.2) is 39.9 Å². The zero-order valence-electron chi connectivity index (χ0n) is 10.6. The van der Waals surface area contributed by atoms with E-state index in [0.29, 0.717) is 15.9 Å². The number of nitrogens with one attached hydrogen (secondary N) is 1. The number of hydrogen-bond donors (Lipinski definition) is 1. The van der Waals surface area contributed by atoms with Gasteiger partial charge < -0.3 is 4.98 Å². The van der Waals surface area contributed by atoms with Crippen molar-refractivity contribution < 1.29 is 0 Å². The zero-order valence-corrected chi connectivity index (χ0v) is 11.4. The lowest BCUT2D eigenvalue weighted by Gasteiger charge is -2.04. The third-order valence-electron chi connectivity index (χ3n) is 3.00. The minimum atomic E-state index is -0.400. The van der Waals surface area contributed by atoms with Gasteiger partial charge in [0.25, 0.3) is 5.56 Å². The van der Waals surface area contributed by atoms with Gasteiger partial charge in [-0.3, -0.25) is 4.79 Å². The van der Waals surface area contributed by atoms with Crippen molar-refractivity contribution in [2.75, 3.05) is 0 Å². The molecule has 0 saturated carbocycles. The van der Waals surface area contributed by atoms with E-state index in [1.54, 1.807) is 18.2 Å². The van der Waals surface area contributed by atoms with Crippen molar-refractivity contribution in [3.05, 3.63) is 61.6 Å². The third-order valence-corrected chi connectivity index (χ3v) is 3.99. The van der Waals surface area contributed by atoms with Gasteiger partial charge in [0.15, 0.2) is 0 Å². The van der Waals surface area contributed by atoms with E-state index in [0.717, 1.165) is 10.4 Å². The van der Waals surface area contributed by atoms with E-state index in [2.05, 4.69) is 4.98 Å². The van der Waals surface area contributed by atoms with Crippen LogP contribution in [0.1, 0.15) is 10.4 Å². The fourth-order valence-electron chi connectivity index (χ4n) is 2.07. The molecule has 0 spiro atoms. The molecule has 4 nitrogen and oxygen atoms in total. The number of aromatic amines is 1. The Bertz CT molecular complexity index is 886. The topological polar surface area (TPSA) is 54.9 Å². The summed E-state index contributed by atoms with van der Waals surface area (Å²) >= 11 is 1.42. The summed E-state index contributed by atoms with van der Waals surface area (Å²) in [6, 6.07) is 9.12. The second kappa shape index (κ2) is 4.20. The summed E-state index contributed by atoms with van der Waals surface area (Å²) in [4.78, 5) is 28.3. The van der Waals surface area contributed by atoms with Crippen LogP contribution in [-0.4, -0.2) is 9.55 Å². The average molecular weight is 272 g/mol. The molecule has 0 aliphatic rings. The highest BCUT2D eigenvalue weighted by molar-refractivity contribution is 7.14. The highest BCUT2D eigenvalue weighted by Gasteiger charge is 2.10. The van der Waals surface area contributed by atoms with Crippen molar-refractivity contribution in [2.45, 2.75) is 13.8 Å². The van der Waals surface area contributed by atoms with Gasteiger partial charge in [0.2, 0.25) is 0 Å². The molecule has 2 heterocycles. The molecular weight excluding hydrogens is 260 g/mol. The van der Waals surface area contributed by atoms with E-state index < -0.39 is 5.69 Å². The van der Waals surface area contributed by atoms with Gasteiger partial charge in [0.05, 0.1) is 10.9 Å². The quantitative estimate of drug-likeness (QED) is 0.739. The smallest absolute Gasteiger partial charge is 0.306 e. The molecule has 0 amide bonds. The van der Waals surface area contributed by atoms with Crippen LogP contribution in [0.5, 0.6) is 0 Å². The fourth-order valence-corrected chi connectivity index (χ4v) is 2.93. The van der Waals surface area contributed by atoms with Gasteiger partial charge in [-0.05, 0) is 38.1 Å². The van der Waals surface area contributed by atoms with Crippen LogP contribution in [0, 0.1) is 13.8 Å². The maximum Gasteiger partial charge on any atom is 0.334 e. The van der Waals surface area contributed by atoms with Crippen molar-refractivity contribution in [2.24, 2.45) is 0 Å². The Balaban J connectivity index is 2.43. The standard InChI is InChI=1S/C14H12N2O2S/c1-8-3-5-11-10(7-8)13(17)16(14(18)15-11)12-6-4-9(2)19-12/h3-7H,1-2H3,(H,15,18). The van der Waals surface area contributed by atoms with Gasteiger partial charge in [0.1, 0.15) is 5.00 Å². The molecule has 0 unspecified atom stereocenters. The largest absolute Gasteiger partial charge is 0.334 e. The number of fused-ring (bicyclic) bond motifs is 1. The van der Waals surface area contributed by atoms with Crippen molar-refractivity contribution in [3.63, 3.8) is 0 Å².